The van der Waals surface area contributed by atoms with Crippen LogP contribution in [0.15, 0.2) is 54.6 Å². The van der Waals surface area contributed by atoms with Gasteiger partial charge in [0.05, 0.1) is 23.7 Å². The van der Waals surface area contributed by atoms with E-state index < -0.39 is 11.9 Å². The molecule has 0 spiro atoms. The molecule has 7 heteroatoms. The molecular formula is C27H31N5O2. The van der Waals surface area contributed by atoms with Crippen LogP contribution in [-0.4, -0.2) is 42.2 Å². The lowest BCUT2D eigenvalue weighted by Gasteiger charge is -2.35. The smallest absolute Gasteiger partial charge is 0.329 e. The van der Waals surface area contributed by atoms with Crippen molar-refractivity contribution in [1.82, 2.24) is 15.3 Å². The fourth-order valence-electron chi connectivity index (χ4n) is 4.31. The Balaban J connectivity index is 1.68. The monoisotopic (exact) mass is 457 g/mol. The van der Waals surface area contributed by atoms with E-state index in [-0.39, 0.29) is 12.0 Å². The third-order valence-electron chi connectivity index (χ3n) is 6.51. The summed E-state index contributed by atoms with van der Waals surface area (Å²) in [7, 11) is 0. The topological polar surface area (TPSA) is 91.1 Å². The van der Waals surface area contributed by atoms with Crippen molar-refractivity contribution in [2.75, 3.05) is 31.1 Å². The van der Waals surface area contributed by atoms with Crippen molar-refractivity contribution < 1.29 is 9.53 Å². The first-order valence-electron chi connectivity index (χ1n) is 12.0. The zero-order valence-electron chi connectivity index (χ0n) is 19.8. The molecule has 0 bridgehead atoms. The molecule has 0 aliphatic carbocycles. The van der Waals surface area contributed by atoms with Gasteiger partial charge in [-0.1, -0.05) is 69.2 Å². The highest BCUT2D eigenvalue weighted by molar-refractivity contribution is 5.85. The number of carbonyl (C=O) groups excluding carboxylic acids is 1. The second-order valence-electron chi connectivity index (χ2n) is 8.66. The Morgan fingerprint density at radius 3 is 2.47 bits per heavy atom. The fraction of sp³-hybridized carbons (Fsp3) is 0.407. The van der Waals surface area contributed by atoms with Crippen molar-refractivity contribution in [1.29, 1.82) is 5.26 Å². The number of ether oxygens (including phenoxy) is 1. The lowest BCUT2D eigenvalue weighted by atomic mass is 10.0. The number of hydrogen-bond acceptors (Lipinski definition) is 7. The second-order valence-corrected chi connectivity index (χ2v) is 8.66. The molecule has 2 heterocycles. The van der Waals surface area contributed by atoms with E-state index in [0.29, 0.717) is 36.7 Å². The molecule has 1 aliphatic rings. The van der Waals surface area contributed by atoms with Gasteiger partial charge in [0.15, 0.2) is 11.7 Å². The maximum absolute atomic E-state index is 13.0. The maximum atomic E-state index is 13.0. The van der Waals surface area contributed by atoms with Crippen LogP contribution in [0.25, 0.3) is 11.0 Å². The Labute approximate surface area is 200 Å². The van der Waals surface area contributed by atoms with Crippen LogP contribution in [0.2, 0.25) is 0 Å². The molecule has 4 rings (SSSR count). The van der Waals surface area contributed by atoms with Gasteiger partial charge >= 0.3 is 5.97 Å². The zero-order valence-corrected chi connectivity index (χ0v) is 19.8. The summed E-state index contributed by atoms with van der Waals surface area (Å²) in [5.74, 6) is -0.834. The number of rotatable bonds is 8. The number of fused-ring (bicyclic) bond motifs is 1. The number of nitrogens with zero attached hydrogens (tertiary/aromatic N) is 4. The molecule has 3 aromatic rings. The molecule has 1 saturated heterocycles. The third-order valence-corrected chi connectivity index (χ3v) is 6.51. The third kappa shape index (κ3) is 5.18. The van der Waals surface area contributed by atoms with E-state index in [1.165, 1.54) is 5.56 Å². The number of esters is 1. The first kappa shape index (κ1) is 23.7. The van der Waals surface area contributed by atoms with Crippen molar-refractivity contribution in [2.45, 2.75) is 38.6 Å². The number of para-hydroxylation sites is 2. The molecule has 0 amide bonds. The lowest BCUT2D eigenvalue weighted by molar-refractivity contribution is -0.145. The summed E-state index contributed by atoms with van der Waals surface area (Å²) in [5, 5.41) is 13.6. The Kier molecular flexibility index (Phi) is 7.71. The van der Waals surface area contributed by atoms with Crippen LogP contribution in [-0.2, 0) is 9.53 Å². The molecule has 1 aliphatic heterocycles. The number of hydrogen-bond donors (Lipinski definition) is 1. The van der Waals surface area contributed by atoms with Gasteiger partial charge in [0, 0.05) is 25.7 Å². The van der Waals surface area contributed by atoms with Gasteiger partial charge in [-0.15, -0.1) is 0 Å². The van der Waals surface area contributed by atoms with Crippen molar-refractivity contribution in [2.24, 2.45) is 5.92 Å². The highest BCUT2D eigenvalue weighted by Crippen LogP contribution is 2.30. The van der Waals surface area contributed by atoms with Crippen LogP contribution in [0.1, 0.15) is 49.9 Å². The van der Waals surface area contributed by atoms with Crippen LogP contribution < -0.4 is 10.2 Å². The summed E-state index contributed by atoms with van der Waals surface area (Å²) in [6.07, 6.45) is 1.84. The molecule has 1 N–H and O–H groups in total. The summed E-state index contributed by atoms with van der Waals surface area (Å²) >= 11 is 0. The average molecular weight is 458 g/mol. The van der Waals surface area contributed by atoms with Gasteiger partial charge in [0.1, 0.15) is 5.69 Å². The van der Waals surface area contributed by atoms with E-state index >= 15 is 0 Å². The first-order chi connectivity index (χ1) is 16.6. The summed E-state index contributed by atoms with van der Waals surface area (Å²) < 4.78 is 5.58. The molecule has 2 atom stereocenters. The predicted octanol–water partition coefficient (Wildman–Crippen LogP) is 4.37. The minimum atomic E-state index is -1.13. The van der Waals surface area contributed by atoms with Gasteiger partial charge in [-0.25, -0.2) is 9.97 Å². The molecule has 0 saturated carbocycles. The Hall–Kier alpha value is -3.50. The van der Waals surface area contributed by atoms with E-state index in [0.717, 1.165) is 24.9 Å². The Morgan fingerprint density at radius 1 is 1.12 bits per heavy atom. The number of piperazine rings is 1. The number of anilines is 1. The van der Waals surface area contributed by atoms with Crippen LogP contribution in [0, 0.1) is 17.2 Å². The highest BCUT2D eigenvalue weighted by atomic mass is 16.5. The fourth-order valence-corrected chi connectivity index (χ4v) is 4.31. The minimum Gasteiger partial charge on any atom is -0.464 e. The van der Waals surface area contributed by atoms with Gasteiger partial charge in [0.25, 0.3) is 0 Å². The lowest BCUT2D eigenvalue weighted by Crippen LogP contribution is -2.46. The molecule has 2 aromatic carbocycles. The Bertz CT molecular complexity index is 1160. The number of aromatic nitrogens is 2. The van der Waals surface area contributed by atoms with E-state index in [4.69, 9.17) is 14.7 Å². The van der Waals surface area contributed by atoms with Crippen molar-refractivity contribution in [3.05, 3.63) is 65.9 Å². The number of nitriles is 1. The van der Waals surface area contributed by atoms with Gasteiger partial charge in [-0.05, 0) is 23.6 Å². The molecule has 1 aromatic heterocycles. The van der Waals surface area contributed by atoms with Crippen molar-refractivity contribution in [3.63, 3.8) is 0 Å². The minimum absolute atomic E-state index is 0.110. The SMILES string of the molecule is CCC(CC)COC(=O)C(C#N)c1nc2ccccc2nc1N1CCN[C@@H](c2ccccc2)C1. The number of nitrogens with one attached hydrogen (secondary N) is 1. The standard InChI is InChI=1S/C27H31N5O2/c1-3-19(4-2)18-34-27(33)21(16-28)25-26(31-23-13-9-8-12-22(23)30-25)32-15-14-29-24(17-32)20-10-6-5-7-11-20/h5-13,19,21,24,29H,3-4,14-15,17-18H2,1-2H3/t21?,24-/m1/s1. The van der Waals surface area contributed by atoms with Gasteiger partial charge in [-0.3, -0.25) is 4.79 Å². The van der Waals surface area contributed by atoms with Crippen molar-refractivity contribution in [3.8, 4) is 6.07 Å². The van der Waals surface area contributed by atoms with Gasteiger partial charge < -0.3 is 15.0 Å². The maximum Gasteiger partial charge on any atom is 0.329 e. The summed E-state index contributed by atoms with van der Waals surface area (Å²) in [4.78, 5) is 24.8. The number of benzene rings is 2. The van der Waals surface area contributed by atoms with Gasteiger partial charge in [-0.2, -0.15) is 5.26 Å². The molecule has 0 radical (unpaired) electrons. The van der Waals surface area contributed by atoms with Crippen molar-refractivity contribution >= 4 is 22.8 Å². The first-order valence-corrected chi connectivity index (χ1v) is 12.0. The largest absolute Gasteiger partial charge is 0.464 e. The molecule has 34 heavy (non-hydrogen) atoms. The Morgan fingerprint density at radius 2 is 1.79 bits per heavy atom. The average Bonchev–Trinajstić information content (AvgIpc) is 2.90. The normalized spacial score (nSPS) is 16.9. The van der Waals surface area contributed by atoms with E-state index in [2.05, 4.69) is 42.3 Å². The summed E-state index contributed by atoms with van der Waals surface area (Å²) in [5.41, 5.74) is 2.94. The van der Waals surface area contributed by atoms with Crippen LogP contribution in [0.3, 0.4) is 0 Å². The molecule has 1 fully saturated rings. The molecule has 176 valence electrons. The molecular weight excluding hydrogens is 426 g/mol. The van der Waals surface area contributed by atoms with Crippen LogP contribution in [0.5, 0.6) is 0 Å². The highest BCUT2D eigenvalue weighted by Gasteiger charge is 2.32. The predicted molar refractivity (Wildman–Crippen MR) is 132 cm³/mol. The van der Waals surface area contributed by atoms with E-state index in [1.54, 1.807) is 0 Å². The summed E-state index contributed by atoms with van der Waals surface area (Å²) in [6.45, 7) is 6.57. The van der Waals surface area contributed by atoms with E-state index in [1.807, 2.05) is 42.5 Å². The van der Waals surface area contributed by atoms with Gasteiger partial charge in [0.2, 0.25) is 0 Å². The zero-order chi connectivity index (χ0) is 23.9. The quantitative estimate of drug-likeness (QED) is 0.502. The summed E-state index contributed by atoms with van der Waals surface area (Å²) in [6, 6.07) is 20.1. The second kappa shape index (κ2) is 11.1. The van der Waals surface area contributed by atoms with E-state index in [9.17, 15) is 10.1 Å². The number of carbonyl (C=O) groups is 1. The molecule has 1 unspecified atom stereocenters. The van der Waals surface area contributed by atoms with Crippen LogP contribution >= 0.6 is 0 Å². The van der Waals surface area contributed by atoms with Crippen LogP contribution in [0.4, 0.5) is 5.82 Å². The molecule has 7 nitrogen and oxygen atoms in total.